The molecule has 1 aromatic carbocycles. The molecule has 0 fully saturated rings. The summed E-state index contributed by atoms with van der Waals surface area (Å²) in [5.41, 5.74) is 0.962. The Morgan fingerprint density at radius 2 is 2.08 bits per heavy atom. The van der Waals surface area contributed by atoms with Crippen molar-refractivity contribution in [2.24, 2.45) is 4.99 Å². The van der Waals surface area contributed by atoms with Crippen LogP contribution in [0.15, 0.2) is 62.5 Å². The van der Waals surface area contributed by atoms with Gasteiger partial charge >= 0.3 is 0 Å². The summed E-state index contributed by atoms with van der Waals surface area (Å²) in [5, 5.41) is 9.38. The maximum absolute atomic E-state index is 12.3. The van der Waals surface area contributed by atoms with Crippen molar-refractivity contribution < 1.29 is 9.21 Å². The molecule has 1 amide bonds. The van der Waals surface area contributed by atoms with E-state index < -0.39 is 5.91 Å². The number of aliphatic imine (C=N–C) groups is 1. The molecular weight excluding hydrogens is 358 g/mol. The fourth-order valence-corrected chi connectivity index (χ4v) is 3.63. The van der Waals surface area contributed by atoms with Gasteiger partial charge in [0.2, 0.25) is 0 Å². The highest BCUT2D eigenvalue weighted by atomic mass is 35.5. The third-order valence-corrected chi connectivity index (χ3v) is 4.97. The zero-order valence-electron chi connectivity index (χ0n) is 13.1. The summed E-state index contributed by atoms with van der Waals surface area (Å²) in [4.78, 5) is 18.9. The fraction of sp³-hybridized carbons (Fsp3) is 0.0556. The predicted molar refractivity (Wildman–Crippen MR) is 100 cm³/mol. The van der Waals surface area contributed by atoms with Crippen LogP contribution in [0.5, 0.6) is 0 Å². The van der Waals surface area contributed by atoms with Gasteiger partial charge in [0.15, 0.2) is 5.17 Å². The van der Waals surface area contributed by atoms with Crippen molar-refractivity contribution in [1.29, 1.82) is 5.41 Å². The first kappa shape index (κ1) is 15.9. The van der Waals surface area contributed by atoms with E-state index >= 15 is 0 Å². The van der Waals surface area contributed by atoms with Gasteiger partial charge in [0.25, 0.3) is 5.91 Å². The lowest BCUT2D eigenvalue weighted by molar-refractivity contribution is -0.114. The molecule has 0 unspecified atom stereocenters. The van der Waals surface area contributed by atoms with Crippen LogP contribution >= 0.6 is 23.4 Å². The average molecular weight is 370 g/mol. The molecular formula is C18H12ClN3O2S. The predicted octanol–water partition coefficient (Wildman–Crippen LogP) is 4.77. The number of carbonyl (C=O) groups excluding carboxylic acids is 1. The van der Waals surface area contributed by atoms with Crippen molar-refractivity contribution >= 4 is 46.3 Å². The normalized spacial score (nSPS) is 18.5. The molecule has 0 spiro atoms. The van der Waals surface area contributed by atoms with Crippen LogP contribution in [0.2, 0.25) is 5.02 Å². The third-order valence-electron chi connectivity index (χ3n) is 3.75. The summed E-state index contributed by atoms with van der Waals surface area (Å²) in [6.07, 6.45) is 3.33. The summed E-state index contributed by atoms with van der Waals surface area (Å²) in [6, 6.07) is 10.9. The van der Waals surface area contributed by atoms with Crippen molar-refractivity contribution in [2.45, 2.75) is 6.92 Å². The number of fused-ring (bicyclic) bond motifs is 1. The number of amides is 1. The molecule has 3 heterocycles. The number of benzene rings is 1. The molecule has 0 saturated carbocycles. The number of amidine groups is 2. The van der Waals surface area contributed by atoms with E-state index in [1.807, 2.05) is 25.1 Å². The van der Waals surface area contributed by atoms with E-state index in [-0.39, 0.29) is 11.4 Å². The van der Waals surface area contributed by atoms with Crippen molar-refractivity contribution in [3.63, 3.8) is 0 Å². The zero-order valence-corrected chi connectivity index (χ0v) is 14.7. The monoisotopic (exact) mass is 369 g/mol. The summed E-state index contributed by atoms with van der Waals surface area (Å²) in [6.45, 7) is 1.91. The highest BCUT2D eigenvalue weighted by Crippen LogP contribution is 2.33. The molecule has 0 saturated heterocycles. The van der Waals surface area contributed by atoms with Crippen LogP contribution in [-0.4, -0.2) is 21.8 Å². The largest absolute Gasteiger partial charge is 0.457 e. The van der Waals surface area contributed by atoms with E-state index in [9.17, 15) is 4.79 Å². The second kappa shape index (κ2) is 6.06. The van der Waals surface area contributed by atoms with E-state index in [1.165, 1.54) is 17.8 Å². The molecule has 1 aromatic heterocycles. The topological polar surface area (TPSA) is 69.7 Å². The molecule has 25 heavy (non-hydrogen) atoms. The van der Waals surface area contributed by atoms with Crippen LogP contribution in [0.25, 0.3) is 17.4 Å². The molecule has 0 bridgehead atoms. The number of allylic oxidation sites excluding steroid dienone is 1. The Labute approximate surface area is 153 Å². The second-order valence-electron chi connectivity index (χ2n) is 5.50. The van der Waals surface area contributed by atoms with Crippen molar-refractivity contribution in [1.82, 2.24) is 4.90 Å². The lowest BCUT2D eigenvalue weighted by atomic mass is 10.1. The molecule has 4 rings (SSSR count). The molecule has 0 radical (unpaired) electrons. The maximum Gasteiger partial charge on any atom is 0.283 e. The van der Waals surface area contributed by atoms with Gasteiger partial charge in [-0.15, -0.1) is 0 Å². The van der Waals surface area contributed by atoms with Gasteiger partial charge in [0.1, 0.15) is 17.4 Å². The van der Waals surface area contributed by atoms with E-state index in [2.05, 4.69) is 4.99 Å². The number of rotatable bonds is 2. The number of hydrogen-bond donors (Lipinski definition) is 1. The number of carbonyl (C=O) groups is 1. The van der Waals surface area contributed by atoms with Gasteiger partial charge in [0, 0.05) is 16.7 Å². The molecule has 0 atom stereocenters. The Morgan fingerprint density at radius 3 is 2.88 bits per heavy atom. The van der Waals surface area contributed by atoms with Crippen molar-refractivity contribution in [3.05, 3.63) is 63.9 Å². The lowest BCUT2D eigenvalue weighted by Crippen LogP contribution is -2.35. The smallest absolute Gasteiger partial charge is 0.283 e. The second-order valence-corrected chi connectivity index (χ2v) is 7.12. The zero-order chi connectivity index (χ0) is 17.6. The minimum absolute atomic E-state index is 0.0926. The maximum atomic E-state index is 12.3. The molecule has 0 aliphatic carbocycles. The Balaban J connectivity index is 1.69. The summed E-state index contributed by atoms with van der Waals surface area (Å²) < 4.78 is 5.79. The van der Waals surface area contributed by atoms with Gasteiger partial charge < -0.3 is 4.42 Å². The lowest BCUT2D eigenvalue weighted by Gasteiger charge is -2.21. The van der Waals surface area contributed by atoms with Crippen LogP contribution in [0.4, 0.5) is 0 Å². The number of nitrogens with zero attached hydrogens (tertiary/aromatic N) is 2. The molecule has 2 aliphatic rings. The average Bonchev–Trinajstić information content (AvgIpc) is 3.18. The first-order valence-corrected chi connectivity index (χ1v) is 8.66. The van der Waals surface area contributed by atoms with E-state index in [4.69, 9.17) is 21.4 Å². The molecule has 5 nitrogen and oxygen atoms in total. The molecule has 124 valence electrons. The van der Waals surface area contributed by atoms with Gasteiger partial charge in [-0.1, -0.05) is 35.5 Å². The Bertz CT molecular complexity index is 1000. The van der Waals surface area contributed by atoms with Gasteiger partial charge in [-0.2, -0.15) is 4.99 Å². The van der Waals surface area contributed by atoms with Crippen molar-refractivity contribution in [2.75, 3.05) is 0 Å². The van der Waals surface area contributed by atoms with E-state index in [0.29, 0.717) is 21.7 Å². The van der Waals surface area contributed by atoms with E-state index in [1.54, 1.807) is 29.3 Å². The summed E-state index contributed by atoms with van der Waals surface area (Å²) >= 11 is 7.56. The van der Waals surface area contributed by atoms with Gasteiger partial charge in [-0.3, -0.25) is 15.1 Å². The molecule has 1 N–H and O–H groups in total. The Kier molecular flexibility index (Phi) is 3.86. The standard InChI is InChI=1S/C18H12ClN3O2S/c1-10-9-22-16(20)13(17(23)21-18(22)25-10)8-11-6-7-15(24-11)12-4-2-3-5-14(12)19/h2-9,20H,1H3/b13-8-,20-16?. The van der Waals surface area contributed by atoms with Gasteiger partial charge in [0.05, 0.1) is 10.6 Å². The van der Waals surface area contributed by atoms with Crippen LogP contribution in [0, 0.1) is 5.41 Å². The first-order valence-electron chi connectivity index (χ1n) is 7.47. The summed E-state index contributed by atoms with van der Waals surface area (Å²) in [7, 11) is 0. The number of thioether (sulfide) groups is 1. The number of nitrogens with one attached hydrogen (secondary N) is 1. The van der Waals surface area contributed by atoms with Crippen molar-refractivity contribution in [3.8, 4) is 11.3 Å². The molecule has 2 aromatic rings. The minimum atomic E-state index is -0.442. The van der Waals surface area contributed by atoms with E-state index in [0.717, 1.165) is 10.5 Å². The molecule has 7 heteroatoms. The fourth-order valence-electron chi connectivity index (χ4n) is 2.58. The SMILES string of the molecule is CC1=CN2C(=N)/C(=C/c3ccc(-c4ccccc4Cl)o3)C(=O)N=C2S1. The van der Waals surface area contributed by atoms with Gasteiger partial charge in [-0.25, -0.2) is 0 Å². The number of furan rings is 1. The van der Waals surface area contributed by atoms with Crippen LogP contribution in [0.3, 0.4) is 0 Å². The number of halogens is 1. The number of hydrogen-bond acceptors (Lipinski definition) is 4. The first-order chi connectivity index (χ1) is 12.0. The minimum Gasteiger partial charge on any atom is -0.457 e. The Hall–Kier alpha value is -2.57. The summed E-state index contributed by atoms with van der Waals surface area (Å²) in [5.74, 6) is 0.718. The third kappa shape index (κ3) is 2.83. The van der Waals surface area contributed by atoms with Gasteiger partial charge in [-0.05, 0) is 37.3 Å². The highest BCUT2D eigenvalue weighted by molar-refractivity contribution is 8.17. The van der Waals surface area contributed by atoms with Crippen LogP contribution in [0.1, 0.15) is 12.7 Å². The van der Waals surface area contributed by atoms with Crippen LogP contribution in [-0.2, 0) is 4.79 Å². The van der Waals surface area contributed by atoms with Crippen LogP contribution < -0.4 is 0 Å². The Morgan fingerprint density at radius 1 is 1.28 bits per heavy atom. The highest BCUT2D eigenvalue weighted by Gasteiger charge is 2.33. The quantitative estimate of drug-likeness (QED) is 0.774. The molecule has 2 aliphatic heterocycles.